The molecule has 1 aromatic rings. The van der Waals surface area contributed by atoms with Crippen LogP contribution in [0.5, 0.6) is 0 Å². The lowest BCUT2D eigenvalue weighted by Gasteiger charge is -1.88. The van der Waals surface area contributed by atoms with Crippen LogP contribution in [0.4, 0.5) is 0 Å². The van der Waals surface area contributed by atoms with E-state index in [-0.39, 0.29) is 0 Å². The maximum Gasteiger partial charge on any atom is 0.335 e. The first-order chi connectivity index (χ1) is 6.30. The third-order valence-corrected chi connectivity index (χ3v) is 1.02. The van der Waals surface area contributed by atoms with Gasteiger partial charge in [-0.3, -0.25) is 0 Å². The van der Waals surface area contributed by atoms with Gasteiger partial charge in [0.2, 0.25) is 10.0 Å². The summed E-state index contributed by atoms with van der Waals surface area (Å²) >= 11 is 0. The van der Waals surface area contributed by atoms with E-state index >= 15 is 0 Å². The van der Waals surface area contributed by atoms with Gasteiger partial charge in [-0.15, -0.1) is 0 Å². The average molecular weight is 217 g/mol. The molecule has 0 unspecified atom stereocenters. The van der Waals surface area contributed by atoms with Crippen molar-refractivity contribution in [1.29, 1.82) is 0 Å². The summed E-state index contributed by atoms with van der Waals surface area (Å²) in [5.74, 6) is -0.879. The lowest BCUT2D eigenvalue weighted by atomic mass is 10.2. The van der Waals surface area contributed by atoms with Crippen LogP contribution in [0.1, 0.15) is 10.4 Å². The van der Waals surface area contributed by atoms with E-state index in [2.05, 4.69) is 5.14 Å². The number of carboxylic acid groups (broad SMARTS) is 1. The highest BCUT2D eigenvalue weighted by Gasteiger charge is 1.96. The highest BCUT2D eigenvalue weighted by atomic mass is 32.2. The van der Waals surface area contributed by atoms with Crippen molar-refractivity contribution < 1.29 is 18.3 Å². The first kappa shape index (κ1) is 12.6. The van der Waals surface area contributed by atoms with Crippen molar-refractivity contribution in [3.8, 4) is 0 Å². The Kier molecular flexibility index (Phi) is 4.82. The summed E-state index contributed by atoms with van der Waals surface area (Å²) in [6.45, 7) is 0. The predicted octanol–water partition coefficient (Wildman–Crippen LogP) is 0.290. The molecular weight excluding hydrogens is 206 g/mol. The minimum absolute atomic E-state index is 0.331. The molecule has 0 spiro atoms. The predicted molar refractivity (Wildman–Crippen MR) is 52.4 cm³/mol. The second-order valence-electron chi connectivity index (χ2n) is 2.50. The summed E-state index contributed by atoms with van der Waals surface area (Å²) < 4.78 is 18.8. The van der Waals surface area contributed by atoms with Crippen molar-refractivity contribution in [3.05, 3.63) is 35.9 Å². The van der Waals surface area contributed by atoms with E-state index in [1.165, 1.54) is 0 Å². The van der Waals surface area contributed by atoms with Gasteiger partial charge >= 0.3 is 5.97 Å². The van der Waals surface area contributed by atoms with E-state index < -0.39 is 16.0 Å². The number of primary sulfonamides is 1. The number of hydrogen-bond donors (Lipinski definition) is 2. The van der Waals surface area contributed by atoms with Crippen LogP contribution in [-0.4, -0.2) is 25.7 Å². The molecule has 0 amide bonds. The van der Waals surface area contributed by atoms with E-state index in [0.717, 1.165) is 6.26 Å². The number of hydrogen-bond acceptors (Lipinski definition) is 3. The van der Waals surface area contributed by atoms with Crippen LogP contribution in [0, 0.1) is 0 Å². The fourth-order valence-electron chi connectivity index (χ4n) is 0.581. The zero-order valence-electron chi connectivity index (χ0n) is 7.54. The molecule has 0 radical (unpaired) electrons. The molecule has 5 nitrogen and oxygen atoms in total. The molecular formula is C8H11NO4S. The largest absolute Gasteiger partial charge is 0.478 e. The van der Waals surface area contributed by atoms with Crippen LogP contribution in [0.25, 0.3) is 0 Å². The van der Waals surface area contributed by atoms with Gasteiger partial charge in [-0.25, -0.2) is 18.4 Å². The number of rotatable bonds is 1. The Morgan fingerprint density at radius 3 is 1.86 bits per heavy atom. The Balaban J connectivity index is 0.000000292. The molecule has 0 aliphatic heterocycles. The Morgan fingerprint density at radius 2 is 1.64 bits per heavy atom. The lowest BCUT2D eigenvalue weighted by molar-refractivity contribution is 0.0697. The Hall–Kier alpha value is -1.40. The van der Waals surface area contributed by atoms with Gasteiger partial charge in [0.15, 0.2) is 0 Å². The lowest BCUT2D eigenvalue weighted by Crippen LogP contribution is -2.07. The normalized spacial score (nSPS) is 9.86. The maximum atomic E-state index is 10.2. The fraction of sp³-hybridized carbons (Fsp3) is 0.125. The van der Waals surface area contributed by atoms with Crippen molar-refractivity contribution in [2.75, 3.05) is 6.26 Å². The third kappa shape index (κ3) is 8.69. The van der Waals surface area contributed by atoms with Crippen LogP contribution in [0.15, 0.2) is 30.3 Å². The molecule has 6 heteroatoms. The smallest absolute Gasteiger partial charge is 0.335 e. The van der Waals surface area contributed by atoms with Gasteiger partial charge in [-0.2, -0.15) is 0 Å². The Morgan fingerprint density at radius 1 is 1.29 bits per heavy atom. The van der Waals surface area contributed by atoms with Crippen LogP contribution < -0.4 is 5.14 Å². The van der Waals surface area contributed by atoms with Gasteiger partial charge in [-0.05, 0) is 12.1 Å². The van der Waals surface area contributed by atoms with Gasteiger partial charge in [0, 0.05) is 0 Å². The summed E-state index contributed by atoms with van der Waals surface area (Å²) in [5, 5.41) is 12.7. The van der Waals surface area contributed by atoms with E-state index in [9.17, 15) is 13.2 Å². The van der Waals surface area contributed by atoms with Crippen LogP contribution in [0.3, 0.4) is 0 Å². The minimum atomic E-state index is -3.17. The average Bonchev–Trinajstić information content (AvgIpc) is 2.03. The monoisotopic (exact) mass is 217 g/mol. The molecule has 0 bridgehead atoms. The molecule has 78 valence electrons. The number of aromatic carboxylic acids is 1. The molecule has 0 aliphatic carbocycles. The zero-order chi connectivity index (χ0) is 11.2. The number of carbonyl (C=O) groups is 1. The maximum absolute atomic E-state index is 10.2. The molecule has 14 heavy (non-hydrogen) atoms. The Bertz CT molecular complexity index is 377. The number of carboxylic acids is 1. The van der Waals surface area contributed by atoms with Gasteiger partial charge in [0.05, 0.1) is 11.8 Å². The van der Waals surface area contributed by atoms with Crippen LogP contribution in [-0.2, 0) is 10.0 Å². The van der Waals surface area contributed by atoms with Crippen molar-refractivity contribution in [2.45, 2.75) is 0 Å². The number of sulfonamides is 1. The Labute approximate surface area is 82.2 Å². The molecule has 0 atom stereocenters. The fourth-order valence-corrected chi connectivity index (χ4v) is 0.581. The summed E-state index contributed by atoms with van der Waals surface area (Å²) in [6.07, 6.45) is 0.938. The topological polar surface area (TPSA) is 97.5 Å². The molecule has 0 aliphatic rings. The second-order valence-corrected chi connectivity index (χ2v) is 4.16. The minimum Gasteiger partial charge on any atom is -0.478 e. The van der Waals surface area contributed by atoms with E-state index in [0.29, 0.717) is 5.56 Å². The van der Waals surface area contributed by atoms with Gasteiger partial charge < -0.3 is 5.11 Å². The van der Waals surface area contributed by atoms with Crippen LogP contribution >= 0.6 is 0 Å². The zero-order valence-corrected chi connectivity index (χ0v) is 8.36. The van der Waals surface area contributed by atoms with Gasteiger partial charge in [-0.1, -0.05) is 18.2 Å². The van der Waals surface area contributed by atoms with Crippen molar-refractivity contribution in [2.24, 2.45) is 5.14 Å². The molecule has 0 aromatic heterocycles. The van der Waals surface area contributed by atoms with Gasteiger partial charge in [0.1, 0.15) is 0 Å². The highest BCUT2D eigenvalue weighted by molar-refractivity contribution is 7.88. The molecule has 0 fully saturated rings. The summed E-state index contributed by atoms with van der Waals surface area (Å²) in [5.41, 5.74) is 0.331. The molecule has 1 rings (SSSR count). The summed E-state index contributed by atoms with van der Waals surface area (Å²) in [6, 6.07) is 8.30. The third-order valence-electron chi connectivity index (χ3n) is 1.02. The summed E-state index contributed by atoms with van der Waals surface area (Å²) in [7, 11) is -3.17. The SMILES string of the molecule is CS(N)(=O)=O.O=C(O)c1ccccc1. The van der Waals surface area contributed by atoms with Gasteiger partial charge in [0.25, 0.3) is 0 Å². The highest BCUT2D eigenvalue weighted by Crippen LogP contribution is 1.96. The number of benzene rings is 1. The van der Waals surface area contributed by atoms with E-state index in [4.69, 9.17) is 5.11 Å². The first-order valence-corrected chi connectivity index (χ1v) is 5.52. The van der Waals surface area contributed by atoms with E-state index in [1.807, 2.05) is 0 Å². The van der Waals surface area contributed by atoms with Crippen molar-refractivity contribution >= 4 is 16.0 Å². The molecule has 0 saturated heterocycles. The van der Waals surface area contributed by atoms with E-state index in [1.54, 1.807) is 30.3 Å². The second kappa shape index (κ2) is 5.36. The molecule has 3 N–H and O–H groups in total. The molecule has 0 saturated carbocycles. The van der Waals surface area contributed by atoms with Crippen LogP contribution in [0.2, 0.25) is 0 Å². The molecule has 0 heterocycles. The first-order valence-electron chi connectivity index (χ1n) is 3.57. The van der Waals surface area contributed by atoms with Crippen molar-refractivity contribution in [3.63, 3.8) is 0 Å². The van der Waals surface area contributed by atoms with Crippen molar-refractivity contribution in [1.82, 2.24) is 0 Å². The quantitative estimate of drug-likeness (QED) is 0.706. The summed E-state index contributed by atoms with van der Waals surface area (Å²) in [4.78, 5) is 10.2. The number of nitrogens with two attached hydrogens (primary N) is 1. The molecule has 1 aromatic carbocycles. The standard InChI is InChI=1S/C7H6O2.CH5NO2S/c8-7(9)6-4-2-1-3-5-6;1-5(2,3)4/h1-5H,(H,8,9);1H3,(H2,2,3,4).